The minimum Gasteiger partial charge on any atom is -0.493 e. The van der Waals surface area contributed by atoms with E-state index >= 15 is 0 Å². The van der Waals surface area contributed by atoms with Crippen molar-refractivity contribution < 1.29 is 28.4 Å². The van der Waals surface area contributed by atoms with Crippen molar-refractivity contribution in [2.24, 2.45) is 0 Å². The lowest BCUT2D eigenvalue weighted by atomic mass is 9.99. The number of hydrogen-bond acceptors (Lipinski definition) is 8. The van der Waals surface area contributed by atoms with Gasteiger partial charge in [0, 0.05) is 17.3 Å². The van der Waals surface area contributed by atoms with Gasteiger partial charge in [0.05, 0.1) is 42.7 Å². The van der Waals surface area contributed by atoms with Crippen LogP contribution < -0.4 is 34.2 Å². The highest BCUT2D eigenvalue weighted by Crippen LogP contribution is 2.44. The largest absolute Gasteiger partial charge is 0.493 e. The number of nitrogens with zero attached hydrogens (tertiary/aromatic N) is 1. The van der Waals surface area contributed by atoms with Crippen molar-refractivity contribution in [2.75, 3.05) is 48.4 Å². The normalized spacial score (nSPS) is 10.4. The number of methoxy groups -OCH3 is 6. The topological polar surface area (TPSA) is 94.3 Å². The molecule has 1 aromatic heterocycles. The zero-order chi connectivity index (χ0) is 22.5. The predicted octanol–water partition coefficient (Wildman–Crippen LogP) is 4.05. The van der Waals surface area contributed by atoms with Gasteiger partial charge >= 0.3 is 0 Å². The van der Waals surface area contributed by atoms with Gasteiger partial charge in [-0.3, -0.25) is 0 Å². The molecule has 0 aliphatic rings. The molecule has 2 aromatic carbocycles. The predicted molar refractivity (Wildman–Crippen MR) is 119 cm³/mol. The molecule has 164 valence electrons. The monoisotopic (exact) mass is 426 g/mol. The highest BCUT2D eigenvalue weighted by Gasteiger charge is 2.18. The van der Waals surface area contributed by atoms with Crippen LogP contribution in [0.3, 0.4) is 0 Å². The quantitative estimate of drug-likeness (QED) is 0.577. The van der Waals surface area contributed by atoms with E-state index in [1.807, 2.05) is 30.3 Å². The molecule has 0 unspecified atom stereocenters. The maximum absolute atomic E-state index is 6.22. The Morgan fingerprint density at radius 2 is 0.968 bits per heavy atom. The Labute approximate surface area is 181 Å². The third kappa shape index (κ3) is 4.09. The molecule has 0 aliphatic heterocycles. The molecule has 8 heteroatoms. The smallest absolute Gasteiger partial charge is 0.203 e. The molecule has 0 radical (unpaired) electrons. The van der Waals surface area contributed by atoms with Crippen molar-refractivity contribution in [1.29, 1.82) is 0 Å². The van der Waals surface area contributed by atoms with Crippen LogP contribution in [0.5, 0.6) is 34.5 Å². The minimum absolute atomic E-state index is 0.366. The summed E-state index contributed by atoms with van der Waals surface area (Å²) >= 11 is 0. The molecule has 0 fully saturated rings. The van der Waals surface area contributed by atoms with Gasteiger partial charge in [0.1, 0.15) is 5.82 Å². The Balaban J connectivity index is 2.18. The first-order chi connectivity index (χ1) is 15.0. The molecule has 3 rings (SSSR count). The van der Waals surface area contributed by atoms with Crippen molar-refractivity contribution >= 4 is 5.82 Å². The number of ether oxygens (including phenoxy) is 6. The first-order valence-electron chi connectivity index (χ1n) is 9.37. The zero-order valence-corrected chi connectivity index (χ0v) is 18.4. The third-order valence-electron chi connectivity index (χ3n) is 4.89. The summed E-state index contributed by atoms with van der Waals surface area (Å²) in [6.07, 6.45) is 1.69. The van der Waals surface area contributed by atoms with Gasteiger partial charge in [0.25, 0.3) is 0 Å². The first-order valence-corrected chi connectivity index (χ1v) is 9.37. The number of rotatable bonds is 8. The standard InChI is InChI=1S/C23H26N2O6/c1-26-17-8-13(9-18(27-2)21(17)30-5)15-7-16(23(24)25-12-15)14-10-19(28-3)22(31-6)20(11-14)29-4/h7-12H,1-6H3,(H2,24,25). The number of pyridine rings is 1. The van der Waals surface area contributed by atoms with E-state index in [1.54, 1.807) is 48.9 Å². The molecule has 31 heavy (non-hydrogen) atoms. The molecule has 0 saturated carbocycles. The van der Waals surface area contributed by atoms with Gasteiger partial charge in [-0.2, -0.15) is 0 Å². The second-order valence-electron chi connectivity index (χ2n) is 6.48. The van der Waals surface area contributed by atoms with Crippen molar-refractivity contribution in [3.05, 3.63) is 36.5 Å². The fraction of sp³-hybridized carbons (Fsp3) is 0.261. The van der Waals surface area contributed by atoms with Crippen molar-refractivity contribution in [3.8, 4) is 56.8 Å². The Kier molecular flexibility index (Phi) is 6.59. The van der Waals surface area contributed by atoms with Crippen LogP contribution in [0, 0.1) is 0 Å². The van der Waals surface area contributed by atoms with Gasteiger partial charge < -0.3 is 34.2 Å². The van der Waals surface area contributed by atoms with Gasteiger partial charge in [-0.25, -0.2) is 4.98 Å². The van der Waals surface area contributed by atoms with Gasteiger partial charge in [0.15, 0.2) is 23.0 Å². The summed E-state index contributed by atoms with van der Waals surface area (Å²) in [6, 6.07) is 9.30. The van der Waals surface area contributed by atoms with Crippen LogP contribution >= 0.6 is 0 Å². The Bertz CT molecular complexity index is 1030. The maximum Gasteiger partial charge on any atom is 0.203 e. The van der Waals surface area contributed by atoms with Crippen molar-refractivity contribution in [2.45, 2.75) is 0 Å². The number of benzene rings is 2. The summed E-state index contributed by atoms with van der Waals surface area (Å²) < 4.78 is 32.7. The summed E-state index contributed by atoms with van der Waals surface area (Å²) in [5, 5.41) is 0. The molecular formula is C23H26N2O6. The Morgan fingerprint density at radius 1 is 0.548 bits per heavy atom. The average Bonchev–Trinajstić information content (AvgIpc) is 2.82. The zero-order valence-electron chi connectivity index (χ0n) is 18.4. The molecule has 1 heterocycles. The van der Waals surface area contributed by atoms with E-state index in [0.29, 0.717) is 45.9 Å². The van der Waals surface area contributed by atoms with E-state index in [1.165, 1.54) is 0 Å². The lowest BCUT2D eigenvalue weighted by molar-refractivity contribution is 0.324. The van der Waals surface area contributed by atoms with Crippen LogP contribution in [-0.2, 0) is 0 Å². The van der Waals surface area contributed by atoms with Crippen LogP contribution in [0.1, 0.15) is 0 Å². The fourth-order valence-corrected chi connectivity index (χ4v) is 3.35. The molecule has 8 nitrogen and oxygen atoms in total. The molecule has 3 aromatic rings. The second-order valence-corrected chi connectivity index (χ2v) is 6.48. The van der Waals surface area contributed by atoms with E-state index < -0.39 is 0 Å². The number of aromatic nitrogens is 1. The second kappa shape index (κ2) is 9.34. The SMILES string of the molecule is COc1cc(-c2cnc(N)c(-c3cc(OC)c(OC)c(OC)c3)c2)cc(OC)c1OC. The highest BCUT2D eigenvalue weighted by atomic mass is 16.5. The van der Waals surface area contributed by atoms with Gasteiger partial charge in [-0.1, -0.05) is 0 Å². The van der Waals surface area contributed by atoms with Crippen molar-refractivity contribution in [1.82, 2.24) is 4.98 Å². The molecule has 0 atom stereocenters. The number of hydrogen-bond donors (Lipinski definition) is 1. The summed E-state index contributed by atoms with van der Waals surface area (Å²) in [4.78, 5) is 4.39. The lowest BCUT2D eigenvalue weighted by Gasteiger charge is -2.16. The molecular weight excluding hydrogens is 400 g/mol. The van der Waals surface area contributed by atoms with Crippen LogP contribution in [-0.4, -0.2) is 47.6 Å². The third-order valence-corrected chi connectivity index (χ3v) is 4.89. The van der Waals surface area contributed by atoms with Gasteiger partial charge in [-0.15, -0.1) is 0 Å². The van der Waals surface area contributed by atoms with Crippen LogP contribution in [0.2, 0.25) is 0 Å². The molecule has 0 saturated heterocycles. The van der Waals surface area contributed by atoms with Gasteiger partial charge in [0.2, 0.25) is 11.5 Å². The molecule has 2 N–H and O–H groups in total. The molecule has 0 amide bonds. The summed E-state index contributed by atoms with van der Waals surface area (Å²) in [5.74, 6) is 3.52. The Morgan fingerprint density at radius 3 is 1.35 bits per heavy atom. The Hall–Kier alpha value is -3.81. The van der Waals surface area contributed by atoms with Crippen molar-refractivity contribution in [3.63, 3.8) is 0 Å². The van der Waals surface area contributed by atoms with E-state index in [2.05, 4.69) is 4.98 Å². The average molecular weight is 426 g/mol. The lowest BCUT2D eigenvalue weighted by Crippen LogP contribution is -1.99. The fourth-order valence-electron chi connectivity index (χ4n) is 3.35. The van der Waals surface area contributed by atoms with E-state index in [4.69, 9.17) is 34.2 Å². The summed E-state index contributed by atoms with van der Waals surface area (Å²) in [6.45, 7) is 0. The summed E-state index contributed by atoms with van der Waals surface area (Å²) in [7, 11) is 9.39. The van der Waals surface area contributed by atoms with E-state index in [-0.39, 0.29) is 0 Å². The number of nitrogens with two attached hydrogens (primary N) is 1. The van der Waals surface area contributed by atoms with Crippen LogP contribution in [0.15, 0.2) is 36.5 Å². The van der Waals surface area contributed by atoms with Crippen LogP contribution in [0.4, 0.5) is 5.82 Å². The summed E-state index contributed by atoms with van der Waals surface area (Å²) in [5.41, 5.74) is 9.35. The number of anilines is 1. The molecule has 0 aliphatic carbocycles. The van der Waals surface area contributed by atoms with E-state index in [0.717, 1.165) is 16.7 Å². The molecule has 0 bridgehead atoms. The first kappa shape index (κ1) is 21.9. The van der Waals surface area contributed by atoms with Crippen LogP contribution in [0.25, 0.3) is 22.3 Å². The van der Waals surface area contributed by atoms with Gasteiger partial charge in [-0.05, 0) is 41.5 Å². The maximum atomic E-state index is 6.22. The molecule has 0 spiro atoms. The van der Waals surface area contributed by atoms with E-state index in [9.17, 15) is 0 Å². The minimum atomic E-state index is 0.366. The number of nitrogen functional groups attached to an aromatic ring is 1. The highest BCUT2D eigenvalue weighted by molar-refractivity contribution is 5.82.